The Bertz CT molecular complexity index is 70.8. The van der Waals surface area contributed by atoms with Crippen LogP contribution in [0, 0.1) is 78.1 Å². The van der Waals surface area contributed by atoms with Crippen molar-refractivity contribution in [2.45, 2.75) is 19.3 Å². The fraction of sp³-hybridized carbons (Fsp3) is 0.200. The summed E-state index contributed by atoms with van der Waals surface area (Å²) in [6.07, 6.45) is 26.5. The normalized spacial score (nSPS) is 21.0. The van der Waals surface area contributed by atoms with Gasteiger partial charge in [0.2, 0.25) is 0 Å². The molecule has 3 rings (SSSR count). The van der Waals surface area contributed by atoms with Crippen molar-refractivity contribution in [1.29, 1.82) is 0 Å². The quantitative estimate of drug-likeness (QED) is 0.594. The summed E-state index contributed by atoms with van der Waals surface area (Å²) < 4.78 is 0. The second-order valence-corrected chi connectivity index (χ2v) is 3.14. The standard InChI is InChI=1S/2C5H5.C4H7.CH3.Zr/c2*1-2-4-5-3-1;1-2-4-3-1;;/h2*1-5H;1H,2-4H2;1H3;/q;;2*-1;+2. The Kier molecular flexibility index (Phi) is 19.1. The van der Waals surface area contributed by atoms with Crippen LogP contribution in [0.4, 0.5) is 0 Å². The topological polar surface area (TPSA) is 0 Å². The summed E-state index contributed by atoms with van der Waals surface area (Å²) in [4.78, 5) is 0. The molecule has 0 spiro atoms. The number of hydrogen-bond donors (Lipinski definition) is 0. The Labute approximate surface area is 123 Å². The van der Waals surface area contributed by atoms with Gasteiger partial charge in [0.15, 0.2) is 0 Å². The van der Waals surface area contributed by atoms with Crippen molar-refractivity contribution in [2.75, 3.05) is 0 Å². The molecule has 3 aliphatic rings. The van der Waals surface area contributed by atoms with Crippen molar-refractivity contribution in [2.24, 2.45) is 0 Å². The minimum atomic E-state index is 0. The molecule has 0 aromatic carbocycles. The summed E-state index contributed by atoms with van der Waals surface area (Å²) in [5.74, 6) is 0. The smallest absolute Gasteiger partial charge is 0.358 e. The molecule has 0 N–H and O–H groups in total. The first kappa shape index (κ1) is 19.2. The summed E-state index contributed by atoms with van der Waals surface area (Å²) in [5, 5.41) is 0. The maximum Gasteiger partial charge on any atom is 2.00 e. The van der Waals surface area contributed by atoms with E-state index < -0.39 is 0 Å². The molecule has 0 saturated heterocycles. The average molecular weight is 292 g/mol. The zero-order valence-corrected chi connectivity index (χ0v) is 12.4. The van der Waals surface area contributed by atoms with Gasteiger partial charge in [-0.05, 0) is 64.2 Å². The molecule has 16 heavy (non-hydrogen) atoms. The van der Waals surface area contributed by atoms with Crippen molar-refractivity contribution in [1.82, 2.24) is 0 Å². The summed E-state index contributed by atoms with van der Waals surface area (Å²) in [6.45, 7) is 0. The molecule has 3 fully saturated rings. The molecule has 0 heterocycles. The van der Waals surface area contributed by atoms with Crippen molar-refractivity contribution in [3.05, 3.63) is 78.1 Å². The van der Waals surface area contributed by atoms with E-state index >= 15 is 0 Å². The largest absolute Gasteiger partial charge is 2.00 e. The van der Waals surface area contributed by atoms with Gasteiger partial charge in [-0.2, -0.15) is 12.8 Å². The van der Waals surface area contributed by atoms with Crippen LogP contribution < -0.4 is 0 Å². The Balaban J connectivity index is 0. The van der Waals surface area contributed by atoms with E-state index in [9.17, 15) is 0 Å². The van der Waals surface area contributed by atoms with Crippen LogP contribution in [-0.2, 0) is 26.2 Å². The summed E-state index contributed by atoms with van der Waals surface area (Å²) >= 11 is 0. The van der Waals surface area contributed by atoms with Crippen LogP contribution in [0.1, 0.15) is 19.3 Å². The van der Waals surface area contributed by atoms with Crippen molar-refractivity contribution in [3.63, 3.8) is 0 Å². The van der Waals surface area contributed by atoms with E-state index in [1.54, 1.807) is 0 Å². The third-order valence-electron chi connectivity index (χ3n) is 1.93. The van der Waals surface area contributed by atoms with Crippen molar-refractivity contribution in [3.8, 4) is 0 Å². The van der Waals surface area contributed by atoms with Gasteiger partial charge >= 0.3 is 26.2 Å². The first-order valence-electron chi connectivity index (χ1n) is 5.15. The van der Waals surface area contributed by atoms with E-state index in [0.29, 0.717) is 0 Å². The van der Waals surface area contributed by atoms with E-state index in [-0.39, 0.29) is 33.6 Å². The Morgan fingerprint density at radius 3 is 0.750 bits per heavy atom. The van der Waals surface area contributed by atoms with E-state index in [1.807, 2.05) is 64.2 Å². The summed E-state index contributed by atoms with van der Waals surface area (Å²) in [6, 6.07) is 0. The molecular weight excluding hydrogens is 271 g/mol. The molecule has 0 atom stereocenters. The maximum atomic E-state index is 2.31. The summed E-state index contributed by atoms with van der Waals surface area (Å²) in [7, 11) is 0. The van der Waals surface area contributed by atoms with Gasteiger partial charge in [0.1, 0.15) is 0 Å². The predicted octanol–water partition coefficient (Wildman–Crippen LogP) is 3.87. The average Bonchev–Trinajstić information content (AvgIpc) is 2.81. The van der Waals surface area contributed by atoms with Gasteiger partial charge in [-0.3, -0.25) is 0 Å². The third-order valence-corrected chi connectivity index (χ3v) is 1.93. The summed E-state index contributed by atoms with van der Waals surface area (Å²) in [5.41, 5.74) is 0. The van der Waals surface area contributed by atoms with Crippen LogP contribution in [0.3, 0.4) is 0 Å². The molecule has 1 heteroatoms. The van der Waals surface area contributed by atoms with Crippen LogP contribution in [0.15, 0.2) is 0 Å². The molecule has 0 amide bonds. The van der Waals surface area contributed by atoms with E-state index in [0.717, 1.165) is 0 Å². The second-order valence-electron chi connectivity index (χ2n) is 3.14. The minimum absolute atomic E-state index is 0. The van der Waals surface area contributed by atoms with Gasteiger partial charge in [0, 0.05) is 0 Å². The Hall–Kier alpha value is 0.883. The SMILES string of the molecule is [CH-]1CCC1.[CH3-].[CH]1[CH][CH][CH][CH]1.[CH]1[CH][CH][CH][CH]1.[Zr+2]. The van der Waals surface area contributed by atoms with Crippen molar-refractivity contribution < 1.29 is 26.2 Å². The number of rotatable bonds is 0. The van der Waals surface area contributed by atoms with E-state index in [4.69, 9.17) is 0 Å². The Morgan fingerprint density at radius 2 is 0.688 bits per heavy atom. The molecule has 10 radical (unpaired) electrons. The molecule has 0 unspecified atom stereocenters. The molecule has 84 valence electrons. The molecule has 3 saturated carbocycles. The van der Waals surface area contributed by atoms with Gasteiger partial charge in [-0.15, -0.1) is 6.42 Å². The monoisotopic (exact) mass is 290 g/mol. The molecule has 0 nitrogen and oxygen atoms in total. The first-order valence-corrected chi connectivity index (χ1v) is 5.15. The molecular formula is C15H20Zr. The number of hydrogen-bond acceptors (Lipinski definition) is 0. The van der Waals surface area contributed by atoms with E-state index in [1.165, 1.54) is 19.3 Å². The van der Waals surface area contributed by atoms with Gasteiger partial charge in [-0.1, -0.05) is 0 Å². The van der Waals surface area contributed by atoms with Crippen molar-refractivity contribution >= 4 is 0 Å². The molecule has 0 aromatic heterocycles. The van der Waals surface area contributed by atoms with Gasteiger partial charge < -0.3 is 13.8 Å². The van der Waals surface area contributed by atoms with Crippen LogP contribution in [0.25, 0.3) is 0 Å². The van der Waals surface area contributed by atoms with Crippen LogP contribution >= 0.6 is 0 Å². The molecule has 0 aromatic rings. The van der Waals surface area contributed by atoms with Crippen LogP contribution in [0.5, 0.6) is 0 Å². The van der Waals surface area contributed by atoms with Gasteiger partial charge in [-0.25, -0.2) is 0 Å². The molecule has 0 bridgehead atoms. The van der Waals surface area contributed by atoms with Crippen LogP contribution in [0.2, 0.25) is 0 Å². The van der Waals surface area contributed by atoms with Gasteiger partial charge in [0.05, 0.1) is 0 Å². The molecule has 3 aliphatic carbocycles. The first-order chi connectivity index (χ1) is 7.00. The van der Waals surface area contributed by atoms with E-state index in [2.05, 4.69) is 6.42 Å². The molecule has 0 aliphatic heterocycles. The predicted molar refractivity (Wildman–Crippen MR) is 67.6 cm³/mol. The van der Waals surface area contributed by atoms with Crippen LogP contribution in [-0.4, -0.2) is 0 Å². The van der Waals surface area contributed by atoms with Gasteiger partial charge in [0.25, 0.3) is 0 Å². The zero-order valence-electron chi connectivity index (χ0n) is 9.97. The third kappa shape index (κ3) is 13.0. The second kappa shape index (κ2) is 15.9. The maximum absolute atomic E-state index is 2.31. The fourth-order valence-corrected chi connectivity index (χ4v) is 0.846. The fourth-order valence-electron chi connectivity index (χ4n) is 0.846. The minimum Gasteiger partial charge on any atom is -0.358 e. The Morgan fingerprint density at radius 1 is 0.562 bits per heavy atom. The zero-order chi connectivity index (χ0) is 9.90.